The molecule has 6 nitrogen and oxygen atoms in total. The number of carbonyl (C=O) groups is 2. The van der Waals surface area contributed by atoms with Gasteiger partial charge in [-0.15, -0.1) is 4.90 Å². The smallest absolute Gasteiger partial charge is 0.463 e. The molecule has 38 heavy (non-hydrogen) atoms. The van der Waals surface area contributed by atoms with Gasteiger partial charge in [0.25, 0.3) is 5.91 Å². The van der Waals surface area contributed by atoms with Crippen molar-refractivity contribution in [3.8, 4) is 0 Å². The second-order valence-electron chi connectivity index (χ2n) is 8.22. The van der Waals surface area contributed by atoms with Crippen LogP contribution in [0.3, 0.4) is 0 Å². The molecule has 1 saturated heterocycles. The molecule has 226 valence electrons. The van der Waals surface area contributed by atoms with Gasteiger partial charge in [0.2, 0.25) is 0 Å². The Morgan fingerprint density at radius 1 is 0.816 bits per heavy atom. The van der Waals surface area contributed by atoms with Gasteiger partial charge in [0.15, 0.2) is 6.80 Å². The van der Waals surface area contributed by atoms with Gasteiger partial charge in [0.05, 0.1) is 26.6 Å². The fourth-order valence-corrected chi connectivity index (χ4v) is 2.62. The third kappa shape index (κ3) is 6.30. The molecule has 1 N–H and O–H groups in total. The number of nitrogens with one attached hydrogen (secondary N) is 1. The first-order chi connectivity index (χ1) is 16.5. The quantitative estimate of drug-likeness (QED) is 0.201. The Labute approximate surface area is 201 Å². The van der Waals surface area contributed by atoms with Crippen LogP contribution in [0.5, 0.6) is 0 Å². The Balaban J connectivity index is 0.000000724. The van der Waals surface area contributed by atoms with Crippen molar-refractivity contribution < 1.29 is 89.4 Å². The summed E-state index contributed by atoms with van der Waals surface area (Å²) in [5, 5.41) is 11.9. The third-order valence-electron chi connectivity index (χ3n) is 4.77. The zero-order valence-corrected chi connectivity index (χ0v) is 18.7. The van der Waals surface area contributed by atoms with Gasteiger partial charge in [0.1, 0.15) is 6.54 Å². The molecule has 0 radical (unpaired) electrons. The van der Waals surface area contributed by atoms with Crippen LogP contribution in [0, 0.1) is 0 Å². The Bertz CT molecular complexity index is 829. The van der Waals surface area contributed by atoms with E-state index >= 15 is 0 Å². The topological polar surface area (TPSA) is 72.5 Å². The molecular formula is C16H17F16N3O3. The number of hydrogen-bond donors (Lipinski definition) is 1. The summed E-state index contributed by atoms with van der Waals surface area (Å²) in [5.41, 5.74) is 0. The average Bonchev–Trinajstić information content (AvgIpc) is 2.68. The lowest BCUT2D eigenvalue weighted by Crippen LogP contribution is -2.81. The molecule has 22 heteroatoms. The van der Waals surface area contributed by atoms with Gasteiger partial charge >= 0.3 is 42.0 Å². The van der Waals surface area contributed by atoms with E-state index in [1.165, 1.54) is 19.4 Å². The summed E-state index contributed by atoms with van der Waals surface area (Å²) < 4.78 is 198. The molecular weight excluding hydrogens is 586 g/mol. The SMILES string of the molecule is C[N+](C)(CCCNC(=O)C(F)(F)C(F)(F)F)CC(=O)[O-].FCN1C(F)(F)C(F)(F)C(F)(F)C(F)(F)C1(F)F. The van der Waals surface area contributed by atoms with E-state index in [1.54, 1.807) is 0 Å². The monoisotopic (exact) mass is 603 g/mol. The summed E-state index contributed by atoms with van der Waals surface area (Å²) in [5.74, 6) is -30.0. The number of piperidine rings is 1. The molecule has 0 aliphatic carbocycles. The van der Waals surface area contributed by atoms with Crippen molar-refractivity contribution in [3.05, 3.63) is 0 Å². The number of quaternary nitrogens is 1. The lowest BCUT2D eigenvalue weighted by molar-refractivity contribution is -0.884. The number of carboxylic acids is 1. The van der Waals surface area contributed by atoms with Crippen molar-refractivity contribution in [3.63, 3.8) is 0 Å². The van der Waals surface area contributed by atoms with Gasteiger partial charge in [-0.2, -0.15) is 65.9 Å². The Morgan fingerprint density at radius 2 is 1.21 bits per heavy atom. The highest BCUT2D eigenvalue weighted by molar-refractivity contribution is 5.84. The Hall–Kier alpha value is -2.26. The molecule has 0 aromatic carbocycles. The van der Waals surface area contributed by atoms with E-state index < -0.39 is 72.1 Å². The molecule has 0 saturated carbocycles. The molecule has 1 amide bonds. The number of alkyl halides is 16. The summed E-state index contributed by atoms with van der Waals surface area (Å²) in [6.45, 7) is -3.78. The number of halogens is 16. The molecule has 1 rings (SSSR count). The zero-order chi connectivity index (χ0) is 31.0. The highest BCUT2D eigenvalue weighted by Crippen LogP contribution is 2.64. The van der Waals surface area contributed by atoms with Crippen LogP contribution in [0.2, 0.25) is 0 Å². The number of likely N-dealkylation sites (tertiary alicyclic amines) is 1. The highest BCUT2D eigenvalue weighted by atomic mass is 19.4. The van der Waals surface area contributed by atoms with Gasteiger partial charge in [-0.25, -0.2) is 4.39 Å². The van der Waals surface area contributed by atoms with Gasteiger partial charge in [-0.3, -0.25) is 4.79 Å². The molecule has 0 aromatic heterocycles. The molecule has 1 aliphatic heterocycles. The number of nitrogens with zero attached hydrogens (tertiary/aromatic N) is 2. The minimum Gasteiger partial charge on any atom is -0.544 e. The van der Waals surface area contributed by atoms with Crippen molar-refractivity contribution in [1.29, 1.82) is 0 Å². The van der Waals surface area contributed by atoms with Crippen LogP contribution >= 0.6 is 0 Å². The molecule has 1 heterocycles. The van der Waals surface area contributed by atoms with E-state index in [2.05, 4.69) is 0 Å². The maximum absolute atomic E-state index is 12.6. The van der Waals surface area contributed by atoms with E-state index in [4.69, 9.17) is 0 Å². The maximum Gasteiger partial charge on any atom is 0.463 e. The van der Waals surface area contributed by atoms with E-state index in [0.29, 0.717) is 0 Å². The van der Waals surface area contributed by atoms with Crippen LogP contribution in [0.4, 0.5) is 70.2 Å². The van der Waals surface area contributed by atoms with Gasteiger partial charge in [-0.05, 0) is 0 Å². The number of amides is 1. The third-order valence-corrected chi connectivity index (χ3v) is 4.77. The minimum atomic E-state index is -7.06. The summed E-state index contributed by atoms with van der Waals surface area (Å²) >= 11 is 0. The first-order valence-corrected chi connectivity index (χ1v) is 9.46. The molecule has 1 aliphatic rings. The molecule has 1 fully saturated rings. The van der Waals surface area contributed by atoms with Crippen molar-refractivity contribution in [2.45, 2.75) is 48.4 Å². The molecule has 0 unspecified atom stereocenters. The first kappa shape index (κ1) is 35.7. The Kier molecular flexibility index (Phi) is 10.1. The van der Waals surface area contributed by atoms with Gasteiger partial charge in [0, 0.05) is 13.0 Å². The second kappa shape index (κ2) is 10.7. The summed E-state index contributed by atoms with van der Waals surface area (Å²) in [6.07, 6.45) is -5.90. The maximum atomic E-state index is 12.6. The lowest BCUT2D eigenvalue weighted by Gasteiger charge is -2.50. The van der Waals surface area contributed by atoms with Crippen molar-refractivity contribution in [2.24, 2.45) is 0 Å². The van der Waals surface area contributed by atoms with Crippen LogP contribution in [0.1, 0.15) is 6.42 Å². The number of rotatable bonds is 8. The minimum absolute atomic E-state index is 0.0416. The number of likely N-dealkylation sites (N-methyl/N-ethyl adjacent to an activating group) is 1. The molecule has 0 spiro atoms. The van der Waals surface area contributed by atoms with Crippen molar-refractivity contribution in [2.75, 3.05) is 40.5 Å². The summed E-state index contributed by atoms with van der Waals surface area (Å²) in [7, 11) is 3.03. The van der Waals surface area contributed by atoms with Crippen LogP contribution in [0.15, 0.2) is 0 Å². The van der Waals surface area contributed by atoms with Crippen LogP contribution in [-0.4, -0.2) is 104 Å². The predicted molar refractivity (Wildman–Crippen MR) is 88.0 cm³/mol. The molecule has 0 aromatic rings. The van der Waals surface area contributed by atoms with Gasteiger partial charge in [-0.1, -0.05) is 0 Å². The highest BCUT2D eigenvalue weighted by Gasteiger charge is 2.95. The average molecular weight is 603 g/mol. The Morgan fingerprint density at radius 3 is 1.53 bits per heavy atom. The van der Waals surface area contributed by atoms with Crippen LogP contribution in [-0.2, 0) is 9.59 Å². The van der Waals surface area contributed by atoms with Gasteiger partial charge < -0.3 is 19.7 Å². The van der Waals surface area contributed by atoms with Crippen LogP contribution < -0.4 is 10.4 Å². The van der Waals surface area contributed by atoms with Crippen LogP contribution in [0.25, 0.3) is 0 Å². The number of aliphatic carboxylic acids is 1. The van der Waals surface area contributed by atoms with E-state index in [0.717, 1.165) is 0 Å². The summed E-state index contributed by atoms with van der Waals surface area (Å²) in [4.78, 5) is 18.5. The zero-order valence-electron chi connectivity index (χ0n) is 18.7. The molecule has 0 atom stereocenters. The van der Waals surface area contributed by atoms with Crippen molar-refractivity contribution >= 4 is 11.9 Å². The lowest BCUT2D eigenvalue weighted by atomic mass is 9.94. The fraction of sp³-hybridized carbons (Fsp3) is 0.875. The fourth-order valence-electron chi connectivity index (χ4n) is 2.62. The van der Waals surface area contributed by atoms with E-state index in [9.17, 15) is 84.9 Å². The van der Waals surface area contributed by atoms with E-state index in [-0.39, 0.29) is 24.0 Å². The van der Waals surface area contributed by atoms with E-state index in [1.807, 2.05) is 0 Å². The second-order valence-corrected chi connectivity index (χ2v) is 8.22. The summed E-state index contributed by atoms with van der Waals surface area (Å²) in [6, 6.07) is -13.0. The largest absolute Gasteiger partial charge is 0.544 e. The number of carboxylic acid groups (broad SMARTS) is 1. The number of carbonyl (C=O) groups excluding carboxylic acids is 2. The predicted octanol–water partition coefficient (Wildman–Crippen LogP) is 2.84. The van der Waals surface area contributed by atoms with Crippen molar-refractivity contribution in [1.82, 2.24) is 10.2 Å². The number of hydrogen-bond acceptors (Lipinski definition) is 4. The normalized spacial score (nSPS) is 22.2. The molecule has 0 bridgehead atoms. The first-order valence-electron chi connectivity index (χ1n) is 9.46. The standard InChI is InChI=1S/C10H15F5N2O3.C6H2F11N/c1-17(2,6-7(18)19)5-3-4-16-8(20)9(11,12)10(13,14)15;7-1-18-5(14,15)3(10,11)2(8,9)4(12,13)6(18,16)17/h3-6H2,1-2H3,(H-,16,18,19,20);1H2.